The summed E-state index contributed by atoms with van der Waals surface area (Å²) in [5.41, 5.74) is 5.59. The lowest BCUT2D eigenvalue weighted by atomic mass is 9.94. The number of nitrogens with one attached hydrogen (secondary N) is 1. The second-order valence-electron chi connectivity index (χ2n) is 5.23. The van der Waals surface area contributed by atoms with Gasteiger partial charge in [0.2, 0.25) is 5.91 Å². The first-order chi connectivity index (χ1) is 9.33. The van der Waals surface area contributed by atoms with Crippen molar-refractivity contribution >= 4 is 27.5 Å². The Kier molecular flexibility index (Phi) is 6.55. The van der Waals surface area contributed by atoms with Gasteiger partial charge in [0.15, 0.2) is 0 Å². The number of hydrogen-bond donors (Lipinski definition) is 2. The summed E-state index contributed by atoms with van der Waals surface area (Å²) < 4.78 is 26.7. The van der Waals surface area contributed by atoms with E-state index >= 15 is 0 Å². The van der Waals surface area contributed by atoms with Crippen molar-refractivity contribution in [2.24, 2.45) is 17.6 Å². The Bertz CT molecular complexity index is 480. The molecule has 1 amide bonds. The third-order valence-corrected chi connectivity index (χ3v) is 3.50. The van der Waals surface area contributed by atoms with Gasteiger partial charge in [0.25, 0.3) is 0 Å². The zero-order valence-electron chi connectivity index (χ0n) is 11.6. The number of halogens is 3. The molecule has 1 aromatic rings. The SMILES string of the molecule is CC(C)CC(CN)CC(=O)Nc1cc(Br)c(F)cc1F. The van der Waals surface area contributed by atoms with Gasteiger partial charge in [0.05, 0.1) is 10.2 Å². The molecule has 6 heteroatoms. The van der Waals surface area contributed by atoms with E-state index in [2.05, 4.69) is 35.1 Å². The van der Waals surface area contributed by atoms with Crippen LogP contribution in [-0.2, 0) is 4.79 Å². The molecule has 1 unspecified atom stereocenters. The fraction of sp³-hybridized carbons (Fsp3) is 0.500. The number of benzene rings is 1. The Morgan fingerprint density at radius 3 is 2.55 bits per heavy atom. The fourth-order valence-corrected chi connectivity index (χ4v) is 2.35. The molecule has 3 N–H and O–H groups in total. The van der Waals surface area contributed by atoms with E-state index in [0.717, 1.165) is 12.5 Å². The van der Waals surface area contributed by atoms with Gasteiger partial charge < -0.3 is 11.1 Å². The molecule has 0 saturated carbocycles. The number of rotatable bonds is 6. The van der Waals surface area contributed by atoms with E-state index < -0.39 is 11.6 Å². The van der Waals surface area contributed by atoms with Crippen LogP contribution in [0.5, 0.6) is 0 Å². The first kappa shape index (κ1) is 17.0. The van der Waals surface area contributed by atoms with Gasteiger partial charge in [0, 0.05) is 12.5 Å². The predicted molar refractivity (Wildman–Crippen MR) is 79.3 cm³/mol. The average molecular weight is 349 g/mol. The molecular weight excluding hydrogens is 330 g/mol. The minimum atomic E-state index is -0.799. The second kappa shape index (κ2) is 7.69. The quantitative estimate of drug-likeness (QED) is 0.770. The van der Waals surface area contributed by atoms with E-state index in [4.69, 9.17) is 5.73 Å². The molecule has 0 spiro atoms. The van der Waals surface area contributed by atoms with Crippen molar-refractivity contribution in [2.75, 3.05) is 11.9 Å². The minimum Gasteiger partial charge on any atom is -0.330 e. The number of anilines is 1. The van der Waals surface area contributed by atoms with Gasteiger partial charge in [-0.1, -0.05) is 13.8 Å². The van der Waals surface area contributed by atoms with E-state index in [0.29, 0.717) is 12.5 Å². The molecule has 0 bridgehead atoms. The number of carbonyl (C=O) groups excluding carboxylic acids is 1. The first-order valence-electron chi connectivity index (χ1n) is 6.48. The fourth-order valence-electron chi connectivity index (χ4n) is 2.01. The Balaban J connectivity index is 2.68. The highest BCUT2D eigenvalue weighted by Crippen LogP contribution is 2.24. The molecule has 0 aromatic heterocycles. The summed E-state index contributed by atoms with van der Waals surface area (Å²) in [6.07, 6.45) is 1.06. The summed E-state index contributed by atoms with van der Waals surface area (Å²) in [5, 5.41) is 2.45. The van der Waals surface area contributed by atoms with Crippen molar-refractivity contribution in [1.29, 1.82) is 0 Å². The van der Waals surface area contributed by atoms with Crippen LogP contribution in [0.15, 0.2) is 16.6 Å². The van der Waals surface area contributed by atoms with Crippen molar-refractivity contribution in [3.8, 4) is 0 Å². The Hall–Kier alpha value is -1.01. The normalized spacial score (nSPS) is 12.6. The maximum Gasteiger partial charge on any atom is 0.224 e. The Morgan fingerprint density at radius 1 is 1.35 bits per heavy atom. The van der Waals surface area contributed by atoms with Crippen LogP contribution >= 0.6 is 15.9 Å². The van der Waals surface area contributed by atoms with Crippen LogP contribution in [0.2, 0.25) is 0 Å². The largest absolute Gasteiger partial charge is 0.330 e. The molecule has 0 fully saturated rings. The van der Waals surface area contributed by atoms with Crippen molar-refractivity contribution in [3.05, 3.63) is 28.2 Å². The smallest absolute Gasteiger partial charge is 0.224 e. The van der Waals surface area contributed by atoms with E-state index in [-0.39, 0.29) is 28.4 Å². The molecule has 112 valence electrons. The number of hydrogen-bond acceptors (Lipinski definition) is 2. The predicted octanol–water partition coefficient (Wildman–Crippen LogP) is 3.68. The highest BCUT2D eigenvalue weighted by Gasteiger charge is 2.16. The van der Waals surface area contributed by atoms with Crippen molar-refractivity contribution in [2.45, 2.75) is 26.7 Å². The summed E-state index contributed by atoms with van der Waals surface area (Å²) in [7, 11) is 0. The Labute approximate surface area is 126 Å². The highest BCUT2D eigenvalue weighted by molar-refractivity contribution is 9.10. The molecule has 0 aliphatic carbocycles. The van der Waals surface area contributed by atoms with Gasteiger partial charge in [-0.25, -0.2) is 8.78 Å². The summed E-state index contributed by atoms with van der Waals surface area (Å²) in [6.45, 7) is 4.51. The van der Waals surface area contributed by atoms with Gasteiger partial charge in [-0.15, -0.1) is 0 Å². The monoisotopic (exact) mass is 348 g/mol. The molecule has 1 atom stereocenters. The Morgan fingerprint density at radius 2 is 2.00 bits per heavy atom. The molecule has 20 heavy (non-hydrogen) atoms. The van der Waals surface area contributed by atoms with E-state index in [1.807, 2.05) is 0 Å². The van der Waals surface area contributed by atoms with Gasteiger partial charge in [-0.05, 0) is 46.8 Å². The van der Waals surface area contributed by atoms with E-state index in [1.54, 1.807) is 0 Å². The van der Waals surface area contributed by atoms with Crippen LogP contribution in [0.1, 0.15) is 26.7 Å². The van der Waals surface area contributed by atoms with Crippen LogP contribution in [0.3, 0.4) is 0 Å². The van der Waals surface area contributed by atoms with Crippen LogP contribution in [-0.4, -0.2) is 12.5 Å². The first-order valence-corrected chi connectivity index (χ1v) is 7.27. The lowest BCUT2D eigenvalue weighted by Gasteiger charge is -2.16. The molecule has 0 aliphatic heterocycles. The van der Waals surface area contributed by atoms with Crippen molar-refractivity contribution in [1.82, 2.24) is 0 Å². The van der Waals surface area contributed by atoms with Crippen LogP contribution in [0.4, 0.5) is 14.5 Å². The second-order valence-corrected chi connectivity index (χ2v) is 6.08. The summed E-state index contributed by atoms with van der Waals surface area (Å²) in [6, 6.07) is 1.94. The van der Waals surface area contributed by atoms with Gasteiger partial charge in [-0.3, -0.25) is 4.79 Å². The van der Waals surface area contributed by atoms with Crippen molar-refractivity contribution in [3.63, 3.8) is 0 Å². The lowest BCUT2D eigenvalue weighted by molar-refractivity contribution is -0.117. The van der Waals surface area contributed by atoms with Gasteiger partial charge in [-0.2, -0.15) is 0 Å². The maximum atomic E-state index is 13.5. The molecule has 0 saturated heterocycles. The van der Waals surface area contributed by atoms with Crippen molar-refractivity contribution < 1.29 is 13.6 Å². The number of amides is 1. The lowest BCUT2D eigenvalue weighted by Crippen LogP contribution is -2.23. The average Bonchev–Trinajstić information content (AvgIpc) is 2.34. The summed E-state index contributed by atoms with van der Waals surface area (Å²) in [5.74, 6) is -1.33. The molecule has 1 aromatic carbocycles. The third-order valence-electron chi connectivity index (χ3n) is 2.90. The molecule has 1 rings (SSSR count). The molecule has 0 aliphatic rings. The minimum absolute atomic E-state index is 0.0383. The zero-order valence-corrected chi connectivity index (χ0v) is 13.1. The maximum absolute atomic E-state index is 13.5. The van der Waals surface area contributed by atoms with Gasteiger partial charge in [0.1, 0.15) is 11.6 Å². The zero-order chi connectivity index (χ0) is 15.3. The van der Waals surface area contributed by atoms with E-state index in [9.17, 15) is 13.6 Å². The molecule has 3 nitrogen and oxygen atoms in total. The molecule has 0 radical (unpaired) electrons. The van der Waals surface area contributed by atoms with Crippen LogP contribution < -0.4 is 11.1 Å². The standard InChI is InChI=1S/C14H19BrF2N2O/c1-8(2)3-9(7-18)4-14(20)19-13-5-10(15)11(16)6-12(13)17/h5-6,8-9H,3-4,7,18H2,1-2H3,(H,19,20). The third kappa shape index (κ3) is 5.17. The van der Waals surface area contributed by atoms with E-state index in [1.165, 1.54) is 6.07 Å². The number of nitrogens with two attached hydrogens (primary N) is 1. The van der Waals surface area contributed by atoms with Crippen LogP contribution in [0, 0.1) is 23.5 Å². The molecular formula is C14H19BrF2N2O. The number of carbonyl (C=O) groups is 1. The van der Waals surface area contributed by atoms with Crippen LogP contribution in [0.25, 0.3) is 0 Å². The summed E-state index contributed by atoms with van der Waals surface area (Å²) in [4.78, 5) is 11.9. The van der Waals surface area contributed by atoms with Gasteiger partial charge >= 0.3 is 0 Å². The highest BCUT2D eigenvalue weighted by atomic mass is 79.9. The summed E-state index contributed by atoms with van der Waals surface area (Å²) >= 11 is 2.95. The molecule has 0 heterocycles. The topological polar surface area (TPSA) is 55.1 Å².